The smallest absolute Gasteiger partial charge is 0.241 e. The summed E-state index contributed by atoms with van der Waals surface area (Å²) in [6.45, 7) is -0.0464. The third kappa shape index (κ3) is 5.94. The van der Waals surface area contributed by atoms with Gasteiger partial charge in [-0.25, -0.2) is 8.42 Å². The van der Waals surface area contributed by atoms with E-state index in [1.807, 2.05) is 24.5 Å². The normalized spacial score (nSPS) is 18.8. The molecule has 1 aliphatic rings. The van der Waals surface area contributed by atoms with Crippen molar-refractivity contribution < 1.29 is 22.7 Å². The number of hydrogen-bond donors (Lipinski definition) is 3. The fraction of sp³-hybridized carbons (Fsp3) is 0.300. The van der Waals surface area contributed by atoms with Crippen LogP contribution >= 0.6 is 23.5 Å². The number of carbonyl (C=O) groups is 2. The molecule has 2 atom stereocenters. The van der Waals surface area contributed by atoms with Crippen molar-refractivity contribution in [2.24, 2.45) is 0 Å². The molecule has 0 bridgehead atoms. The number of ether oxygens (including phenoxy) is 1. The second-order valence-corrected chi connectivity index (χ2v) is 10.7. The molecule has 0 radical (unpaired) electrons. The van der Waals surface area contributed by atoms with E-state index in [9.17, 15) is 18.0 Å². The van der Waals surface area contributed by atoms with Gasteiger partial charge in [-0.2, -0.15) is 0 Å². The fourth-order valence-corrected chi connectivity index (χ4v) is 5.69. The van der Waals surface area contributed by atoms with E-state index < -0.39 is 26.5 Å². The highest BCUT2D eigenvalue weighted by Gasteiger charge is 2.38. The zero-order valence-corrected chi connectivity index (χ0v) is 19.4. The molecule has 3 N–H and O–H groups in total. The molecule has 0 aliphatic carbocycles. The molecular formula is C20H23N3O5S3. The van der Waals surface area contributed by atoms with Crippen LogP contribution in [0.1, 0.15) is 0 Å². The van der Waals surface area contributed by atoms with Crippen molar-refractivity contribution in [2.75, 3.05) is 31.0 Å². The molecule has 31 heavy (non-hydrogen) atoms. The first-order chi connectivity index (χ1) is 14.8. The van der Waals surface area contributed by atoms with Crippen molar-refractivity contribution in [3.8, 4) is 5.75 Å². The van der Waals surface area contributed by atoms with Gasteiger partial charge in [0.2, 0.25) is 11.8 Å². The molecule has 1 heterocycles. The lowest BCUT2D eigenvalue weighted by Gasteiger charge is -2.29. The first-order valence-electron chi connectivity index (χ1n) is 9.30. The molecule has 11 heteroatoms. The molecule has 8 nitrogen and oxygen atoms in total. The minimum absolute atomic E-state index is 0.0464. The molecule has 0 spiro atoms. The summed E-state index contributed by atoms with van der Waals surface area (Å²) in [5, 5.41) is 7.17. The summed E-state index contributed by atoms with van der Waals surface area (Å²) >= 11 is 2.76. The maximum absolute atomic E-state index is 12.8. The molecule has 1 fully saturated rings. The standard InChI is InChI=1S/C20H23N3O5S3/c1-28-14-6-8-16(9-7-14)31(26,27)17-11-21-20(23-19(17)25)30-12-18(24)22-13-4-3-5-15(10-13)29-2/h3-10,17,20-21H,11-12H2,1-2H3,(H,22,24)(H,23,25). The molecule has 166 valence electrons. The Morgan fingerprint density at radius 3 is 2.61 bits per heavy atom. The number of amides is 2. The zero-order valence-electron chi connectivity index (χ0n) is 17.0. The Hall–Kier alpha value is -2.21. The summed E-state index contributed by atoms with van der Waals surface area (Å²) in [6.07, 6.45) is 1.95. The van der Waals surface area contributed by atoms with Crippen LogP contribution in [0.3, 0.4) is 0 Å². The first-order valence-corrected chi connectivity index (χ1v) is 13.1. The minimum atomic E-state index is -3.86. The summed E-state index contributed by atoms with van der Waals surface area (Å²) < 4.78 is 30.7. The number of rotatable bonds is 8. The Balaban J connectivity index is 1.53. The van der Waals surface area contributed by atoms with Crippen LogP contribution in [-0.4, -0.2) is 56.6 Å². The third-order valence-corrected chi connectivity index (χ3v) is 8.38. The highest BCUT2D eigenvalue weighted by atomic mass is 32.2. The largest absolute Gasteiger partial charge is 0.497 e. The second kappa shape index (κ2) is 10.4. The molecule has 2 aromatic rings. The molecule has 1 aliphatic heterocycles. The summed E-state index contributed by atoms with van der Waals surface area (Å²) in [5.41, 5.74) is 0.141. The number of benzene rings is 2. The monoisotopic (exact) mass is 481 g/mol. The van der Waals surface area contributed by atoms with Crippen molar-refractivity contribution in [3.63, 3.8) is 0 Å². The highest BCUT2D eigenvalue weighted by molar-refractivity contribution is 8.00. The molecule has 2 amide bonds. The van der Waals surface area contributed by atoms with Gasteiger partial charge < -0.3 is 15.4 Å². The van der Waals surface area contributed by atoms with E-state index in [-0.39, 0.29) is 23.1 Å². The molecule has 2 aromatic carbocycles. The van der Waals surface area contributed by atoms with Gasteiger partial charge in [0.15, 0.2) is 15.1 Å². The van der Waals surface area contributed by atoms with Gasteiger partial charge in [-0.3, -0.25) is 14.9 Å². The lowest BCUT2D eigenvalue weighted by molar-refractivity contribution is -0.122. The van der Waals surface area contributed by atoms with Crippen molar-refractivity contribution in [3.05, 3.63) is 48.5 Å². The Bertz CT molecular complexity index is 1040. The summed E-state index contributed by atoms with van der Waals surface area (Å²) in [7, 11) is -2.37. The molecule has 2 unspecified atom stereocenters. The number of nitrogens with one attached hydrogen (secondary N) is 3. The molecule has 0 aromatic heterocycles. The summed E-state index contributed by atoms with van der Waals surface area (Å²) in [4.78, 5) is 25.8. The van der Waals surface area contributed by atoms with Crippen LogP contribution in [0.2, 0.25) is 0 Å². The molecular weight excluding hydrogens is 458 g/mol. The first kappa shape index (κ1) is 23.5. The Morgan fingerprint density at radius 2 is 1.97 bits per heavy atom. The van der Waals surface area contributed by atoms with E-state index in [1.54, 1.807) is 17.8 Å². The van der Waals surface area contributed by atoms with Crippen LogP contribution in [0, 0.1) is 0 Å². The lowest BCUT2D eigenvalue weighted by Crippen LogP contribution is -2.59. The predicted octanol–water partition coefficient (Wildman–Crippen LogP) is 1.93. The van der Waals surface area contributed by atoms with Gasteiger partial charge in [0.1, 0.15) is 11.2 Å². The van der Waals surface area contributed by atoms with Crippen molar-refractivity contribution >= 4 is 50.9 Å². The molecule has 0 saturated carbocycles. The Kier molecular flexibility index (Phi) is 7.87. The van der Waals surface area contributed by atoms with Gasteiger partial charge in [-0.15, -0.1) is 23.5 Å². The fourth-order valence-electron chi connectivity index (χ4n) is 2.92. The molecule has 1 saturated heterocycles. The number of carbonyl (C=O) groups excluding carboxylic acids is 2. The average Bonchev–Trinajstić information content (AvgIpc) is 2.77. The second-order valence-electron chi connectivity index (χ2n) is 6.60. The van der Waals surface area contributed by atoms with E-state index in [2.05, 4.69) is 16.0 Å². The van der Waals surface area contributed by atoms with Gasteiger partial charge >= 0.3 is 0 Å². The van der Waals surface area contributed by atoms with E-state index in [1.165, 1.54) is 43.1 Å². The quantitative estimate of drug-likeness (QED) is 0.490. The summed E-state index contributed by atoms with van der Waals surface area (Å²) in [5.74, 6) is -0.190. The number of anilines is 1. The van der Waals surface area contributed by atoms with Crippen LogP contribution in [-0.2, 0) is 19.4 Å². The predicted molar refractivity (Wildman–Crippen MR) is 123 cm³/mol. The van der Waals surface area contributed by atoms with Gasteiger partial charge in [-0.05, 0) is 48.7 Å². The van der Waals surface area contributed by atoms with Gasteiger partial charge in [0, 0.05) is 17.1 Å². The number of methoxy groups -OCH3 is 1. The number of sulfone groups is 1. The maximum Gasteiger partial charge on any atom is 0.241 e. The highest BCUT2D eigenvalue weighted by Crippen LogP contribution is 2.23. The van der Waals surface area contributed by atoms with Crippen molar-refractivity contribution in [1.29, 1.82) is 0 Å². The Labute approximate surface area is 189 Å². The number of thioether (sulfide) groups is 2. The Morgan fingerprint density at radius 1 is 1.23 bits per heavy atom. The zero-order chi connectivity index (χ0) is 22.4. The van der Waals surface area contributed by atoms with Gasteiger partial charge in [0.05, 0.1) is 17.8 Å². The SMILES string of the molecule is COc1ccc(S(=O)(=O)C2CNC(SCC(=O)Nc3cccc(SC)c3)NC2=O)cc1. The van der Waals surface area contributed by atoms with Crippen molar-refractivity contribution in [1.82, 2.24) is 10.6 Å². The van der Waals surface area contributed by atoms with E-state index >= 15 is 0 Å². The average molecular weight is 482 g/mol. The van der Waals surface area contributed by atoms with Crippen LogP contribution < -0.4 is 20.7 Å². The summed E-state index contributed by atoms with van der Waals surface area (Å²) in [6, 6.07) is 13.4. The van der Waals surface area contributed by atoms with E-state index in [4.69, 9.17) is 4.74 Å². The van der Waals surface area contributed by atoms with Gasteiger partial charge in [-0.1, -0.05) is 6.07 Å². The van der Waals surface area contributed by atoms with Crippen LogP contribution in [0.4, 0.5) is 5.69 Å². The van der Waals surface area contributed by atoms with Crippen LogP contribution in [0.25, 0.3) is 0 Å². The van der Waals surface area contributed by atoms with E-state index in [0.717, 1.165) is 4.90 Å². The topological polar surface area (TPSA) is 114 Å². The van der Waals surface area contributed by atoms with E-state index in [0.29, 0.717) is 11.4 Å². The van der Waals surface area contributed by atoms with Crippen LogP contribution in [0.5, 0.6) is 5.75 Å². The minimum Gasteiger partial charge on any atom is -0.497 e. The van der Waals surface area contributed by atoms with Gasteiger partial charge in [0.25, 0.3) is 0 Å². The third-order valence-electron chi connectivity index (χ3n) is 4.55. The van der Waals surface area contributed by atoms with Crippen LogP contribution in [0.15, 0.2) is 58.3 Å². The maximum atomic E-state index is 12.8. The lowest BCUT2D eigenvalue weighted by atomic mass is 10.3. The number of hydrogen-bond acceptors (Lipinski definition) is 8. The molecule has 3 rings (SSSR count). The van der Waals surface area contributed by atoms with Crippen molar-refractivity contribution in [2.45, 2.75) is 20.5 Å².